The van der Waals surface area contributed by atoms with Gasteiger partial charge in [-0.2, -0.15) is 8.78 Å². The number of hydrogen-bond donors (Lipinski definition) is 1. The molecule has 0 aromatic heterocycles. The maximum Gasteiger partial charge on any atom is 0.387 e. The van der Waals surface area contributed by atoms with Crippen LogP contribution in [-0.2, 0) is 10.3 Å². The number of amides is 1. The molecule has 2 aliphatic rings. The lowest BCUT2D eigenvalue weighted by Crippen LogP contribution is -2.41. The Balaban J connectivity index is 1.92. The minimum Gasteiger partial charge on any atom is -0.435 e. The highest BCUT2D eigenvalue weighted by Gasteiger charge is 2.50. The molecule has 0 unspecified atom stereocenters. The number of nitrogens with two attached hydrogens (primary N) is 1. The fourth-order valence-corrected chi connectivity index (χ4v) is 3.94. The van der Waals surface area contributed by atoms with Crippen molar-refractivity contribution < 1.29 is 22.7 Å². The highest BCUT2D eigenvalue weighted by atomic mass is 19.3. The second-order valence-electron chi connectivity index (χ2n) is 8.57. The van der Waals surface area contributed by atoms with Gasteiger partial charge < -0.3 is 10.5 Å². The van der Waals surface area contributed by atoms with E-state index in [0.29, 0.717) is 16.7 Å². The van der Waals surface area contributed by atoms with Gasteiger partial charge in [0.1, 0.15) is 11.6 Å². The van der Waals surface area contributed by atoms with Gasteiger partial charge in [0.15, 0.2) is 11.5 Å². The van der Waals surface area contributed by atoms with Crippen molar-refractivity contribution in [2.75, 3.05) is 7.05 Å². The summed E-state index contributed by atoms with van der Waals surface area (Å²) >= 11 is 0. The number of likely N-dealkylation sites (N-methyl/N-ethyl adjacent to an activating group) is 1. The van der Waals surface area contributed by atoms with Crippen molar-refractivity contribution in [3.05, 3.63) is 64.5 Å². The maximum absolute atomic E-state index is 14.5. The maximum atomic E-state index is 14.5. The summed E-state index contributed by atoms with van der Waals surface area (Å²) in [6.45, 7) is 0.813. The van der Waals surface area contributed by atoms with E-state index < -0.39 is 23.9 Å². The number of guanidine groups is 1. The Kier molecular flexibility index (Phi) is 5.83. The molecule has 2 aromatic rings. The van der Waals surface area contributed by atoms with Gasteiger partial charge in [0.05, 0.1) is 5.56 Å². The molecule has 8 heteroatoms. The number of hydrogen-bond acceptors (Lipinski definition) is 4. The van der Waals surface area contributed by atoms with Crippen LogP contribution in [0.3, 0.4) is 0 Å². The fraction of sp³-hybridized carbons (Fsp3) is 0.360. The van der Waals surface area contributed by atoms with Gasteiger partial charge in [-0.1, -0.05) is 37.8 Å². The van der Waals surface area contributed by atoms with Gasteiger partial charge in [0.2, 0.25) is 0 Å². The molecule has 1 fully saturated rings. The molecule has 2 N–H and O–H groups in total. The standard InChI is InChI=1S/C25H24F3N3O2/c1-14(2)4-5-16-12-17(8-10-20(16)26)25(22(32)31(3)24(29)30-25)18-9-11-21(33-23(27)28)19(13-18)15-6-7-15/h8-15,23H,6-7H2,1-3H3,(H2,29,30)/t25-/m0/s1. The summed E-state index contributed by atoms with van der Waals surface area (Å²) in [7, 11) is 1.50. The molecule has 1 saturated carbocycles. The Morgan fingerprint density at radius 2 is 1.85 bits per heavy atom. The lowest BCUT2D eigenvalue weighted by molar-refractivity contribution is -0.129. The predicted molar refractivity (Wildman–Crippen MR) is 118 cm³/mol. The van der Waals surface area contributed by atoms with Crippen LogP contribution >= 0.6 is 0 Å². The average Bonchev–Trinajstić information content (AvgIpc) is 3.58. The molecule has 33 heavy (non-hydrogen) atoms. The van der Waals surface area contributed by atoms with Gasteiger partial charge in [-0.15, -0.1) is 0 Å². The van der Waals surface area contributed by atoms with Crippen molar-refractivity contribution in [3.63, 3.8) is 0 Å². The smallest absolute Gasteiger partial charge is 0.387 e. The largest absolute Gasteiger partial charge is 0.435 e. The summed E-state index contributed by atoms with van der Waals surface area (Å²) in [5.74, 6) is 4.96. The van der Waals surface area contributed by atoms with Gasteiger partial charge in [-0.05, 0) is 59.7 Å². The van der Waals surface area contributed by atoms with Crippen LogP contribution in [-0.4, -0.2) is 30.4 Å². The number of carbonyl (C=O) groups is 1. The molecule has 2 aromatic carbocycles. The molecule has 0 saturated heterocycles. The van der Waals surface area contributed by atoms with E-state index in [1.807, 2.05) is 13.8 Å². The molecule has 1 aliphatic heterocycles. The first kappa shape index (κ1) is 22.7. The van der Waals surface area contributed by atoms with Crippen molar-refractivity contribution in [2.45, 2.75) is 44.8 Å². The highest BCUT2D eigenvalue weighted by molar-refractivity contribution is 6.09. The van der Waals surface area contributed by atoms with Gasteiger partial charge in [-0.25, -0.2) is 9.38 Å². The summed E-state index contributed by atoms with van der Waals surface area (Å²) in [5.41, 5.74) is 5.98. The third kappa shape index (κ3) is 4.15. The van der Waals surface area contributed by atoms with Gasteiger partial charge in [0, 0.05) is 13.0 Å². The SMILES string of the molecule is CC(C)C#Cc1cc([C@@]2(c3ccc(OC(F)F)c(C4CC4)c3)N=C(N)N(C)C2=O)ccc1F. The van der Waals surface area contributed by atoms with E-state index in [-0.39, 0.29) is 29.1 Å². The van der Waals surface area contributed by atoms with Gasteiger partial charge in [-0.3, -0.25) is 9.69 Å². The zero-order chi connectivity index (χ0) is 23.9. The Morgan fingerprint density at radius 1 is 1.18 bits per heavy atom. The first-order chi connectivity index (χ1) is 15.6. The van der Waals surface area contributed by atoms with Crippen molar-refractivity contribution in [3.8, 4) is 17.6 Å². The Hall–Kier alpha value is -3.47. The third-order valence-corrected chi connectivity index (χ3v) is 5.78. The first-order valence-electron chi connectivity index (χ1n) is 10.7. The number of carbonyl (C=O) groups excluding carboxylic acids is 1. The zero-order valence-electron chi connectivity index (χ0n) is 18.5. The number of aliphatic imine (C=N–C) groups is 1. The van der Waals surface area contributed by atoms with Crippen LogP contribution in [0.4, 0.5) is 13.2 Å². The number of nitrogens with zero attached hydrogens (tertiary/aromatic N) is 2. The van der Waals surface area contributed by atoms with Gasteiger partial charge in [0.25, 0.3) is 5.91 Å². The molecular weight excluding hydrogens is 431 g/mol. The molecule has 1 amide bonds. The third-order valence-electron chi connectivity index (χ3n) is 5.78. The highest BCUT2D eigenvalue weighted by Crippen LogP contribution is 2.48. The Bertz CT molecular complexity index is 1200. The van der Waals surface area contributed by atoms with E-state index in [4.69, 9.17) is 10.5 Å². The fourth-order valence-electron chi connectivity index (χ4n) is 3.94. The van der Waals surface area contributed by atoms with Crippen LogP contribution in [0.1, 0.15) is 54.9 Å². The topological polar surface area (TPSA) is 67.9 Å². The zero-order valence-corrected chi connectivity index (χ0v) is 18.5. The molecule has 4 rings (SSSR count). The second kappa shape index (κ2) is 8.47. The average molecular weight is 455 g/mol. The van der Waals surface area contributed by atoms with E-state index in [1.165, 1.54) is 42.3 Å². The number of alkyl halides is 2. The predicted octanol–water partition coefficient (Wildman–Crippen LogP) is 4.34. The van der Waals surface area contributed by atoms with Crippen molar-refractivity contribution in [1.29, 1.82) is 0 Å². The van der Waals surface area contributed by atoms with Crippen LogP contribution in [0.5, 0.6) is 5.75 Å². The van der Waals surface area contributed by atoms with Crippen molar-refractivity contribution >= 4 is 11.9 Å². The van der Waals surface area contributed by atoms with Crippen LogP contribution in [0.15, 0.2) is 41.4 Å². The first-order valence-corrected chi connectivity index (χ1v) is 10.7. The molecular formula is C25H24F3N3O2. The molecule has 5 nitrogen and oxygen atoms in total. The summed E-state index contributed by atoms with van der Waals surface area (Å²) in [6, 6.07) is 8.85. The van der Waals surface area contributed by atoms with Crippen molar-refractivity contribution in [2.24, 2.45) is 16.6 Å². The van der Waals surface area contributed by atoms with Crippen molar-refractivity contribution in [1.82, 2.24) is 4.90 Å². The Labute approximate surface area is 190 Å². The molecule has 0 bridgehead atoms. The molecule has 1 heterocycles. The molecule has 1 aliphatic carbocycles. The lowest BCUT2D eigenvalue weighted by Gasteiger charge is -2.27. The van der Waals surface area contributed by atoms with Crippen LogP contribution in [0, 0.1) is 23.6 Å². The number of rotatable bonds is 5. The second-order valence-corrected chi connectivity index (χ2v) is 8.57. The summed E-state index contributed by atoms with van der Waals surface area (Å²) < 4.78 is 45.1. The van der Waals surface area contributed by atoms with E-state index in [0.717, 1.165) is 12.8 Å². The number of ether oxygens (including phenoxy) is 1. The summed E-state index contributed by atoms with van der Waals surface area (Å²) in [6.07, 6.45) is 1.67. The number of halogens is 3. The lowest BCUT2D eigenvalue weighted by atomic mass is 9.81. The van der Waals surface area contributed by atoms with E-state index >= 15 is 0 Å². The number of benzene rings is 2. The molecule has 0 spiro atoms. The Morgan fingerprint density at radius 3 is 2.42 bits per heavy atom. The normalized spacial score (nSPS) is 20.2. The summed E-state index contributed by atoms with van der Waals surface area (Å²) in [4.78, 5) is 19.2. The van der Waals surface area contributed by atoms with Crippen LogP contribution in [0.2, 0.25) is 0 Å². The van der Waals surface area contributed by atoms with Gasteiger partial charge >= 0.3 is 6.61 Å². The van der Waals surface area contributed by atoms with Crippen LogP contribution < -0.4 is 10.5 Å². The van der Waals surface area contributed by atoms with Crippen LogP contribution in [0.25, 0.3) is 0 Å². The van der Waals surface area contributed by atoms with E-state index in [1.54, 1.807) is 6.07 Å². The van der Waals surface area contributed by atoms with E-state index in [9.17, 15) is 18.0 Å². The van der Waals surface area contributed by atoms with E-state index in [2.05, 4.69) is 16.8 Å². The molecule has 1 atom stereocenters. The quantitative estimate of drug-likeness (QED) is 0.682. The molecule has 0 radical (unpaired) electrons. The minimum atomic E-state index is -2.96. The molecule has 172 valence electrons. The monoisotopic (exact) mass is 455 g/mol. The minimum absolute atomic E-state index is 0.0000171. The summed E-state index contributed by atoms with van der Waals surface area (Å²) in [5, 5.41) is 0.